The molecule has 1 aliphatic rings. The van der Waals surface area contributed by atoms with Gasteiger partial charge in [0.05, 0.1) is 13.2 Å². The third-order valence-electron chi connectivity index (χ3n) is 4.02. The van der Waals surface area contributed by atoms with Crippen LogP contribution < -0.4 is 10.1 Å². The Labute approximate surface area is 147 Å². The zero-order valence-electron chi connectivity index (χ0n) is 13.3. The van der Waals surface area contributed by atoms with Crippen LogP contribution in [0.2, 0.25) is 0 Å². The Hall–Kier alpha value is -0.780. The fourth-order valence-electron chi connectivity index (χ4n) is 3.00. The van der Waals surface area contributed by atoms with Crippen LogP contribution in [0, 0.1) is 5.92 Å². The molecule has 1 fully saturated rings. The monoisotopic (exact) mass is 390 g/mol. The number of likely N-dealkylation sites (tertiary alicyclic amines) is 1. The molecule has 0 aromatic heterocycles. The first kappa shape index (κ1) is 19.3. The number of benzene rings is 1. The molecule has 4 nitrogen and oxygen atoms in total. The number of rotatable bonds is 5. The summed E-state index contributed by atoms with van der Waals surface area (Å²) in [7, 11) is 3.56. The first-order chi connectivity index (χ1) is 10.1. The van der Waals surface area contributed by atoms with Crippen LogP contribution in [0.4, 0.5) is 0 Å². The van der Waals surface area contributed by atoms with Crippen molar-refractivity contribution in [2.24, 2.45) is 5.92 Å². The average molecular weight is 392 g/mol. The molecule has 1 N–H and O–H groups in total. The molecule has 0 saturated carbocycles. The normalized spacial score (nSPS) is 18.7. The summed E-state index contributed by atoms with van der Waals surface area (Å²) in [5.41, 5.74) is 1.09. The number of carbonyl (C=O) groups is 1. The van der Waals surface area contributed by atoms with Crippen molar-refractivity contribution in [3.8, 4) is 5.75 Å². The van der Waals surface area contributed by atoms with E-state index >= 15 is 0 Å². The molecule has 22 heavy (non-hydrogen) atoms. The van der Waals surface area contributed by atoms with Crippen LogP contribution in [0.25, 0.3) is 0 Å². The molecule has 124 valence electrons. The fraction of sp³-hybridized carbons (Fsp3) is 0.562. The Kier molecular flexibility index (Phi) is 7.66. The van der Waals surface area contributed by atoms with E-state index in [0.717, 1.165) is 35.2 Å². The molecule has 1 amide bonds. The van der Waals surface area contributed by atoms with Gasteiger partial charge in [-0.05, 0) is 38.1 Å². The van der Waals surface area contributed by atoms with Crippen LogP contribution >= 0.6 is 28.3 Å². The van der Waals surface area contributed by atoms with Crippen LogP contribution in [0.15, 0.2) is 22.7 Å². The Morgan fingerprint density at radius 3 is 2.91 bits per heavy atom. The van der Waals surface area contributed by atoms with E-state index in [1.54, 1.807) is 7.11 Å². The summed E-state index contributed by atoms with van der Waals surface area (Å²) >= 11 is 3.51. The van der Waals surface area contributed by atoms with Gasteiger partial charge in [0.2, 0.25) is 5.91 Å². The zero-order chi connectivity index (χ0) is 15.4. The van der Waals surface area contributed by atoms with E-state index < -0.39 is 0 Å². The van der Waals surface area contributed by atoms with Crippen LogP contribution in [0.3, 0.4) is 0 Å². The maximum absolute atomic E-state index is 12.6. The second-order valence-electron chi connectivity index (χ2n) is 5.53. The molecular formula is C16H24BrClN2O2. The maximum Gasteiger partial charge on any atom is 0.227 e. The van der Waals surface area contributed by atoms with Crippen LogP contribution in [-0.2, 0) is 4.79 Å². The Bertz CT molecular complexity index is 513. The molecule has 0 radical (unpaired) electrons. The molecular weight excluding hydrogens is 368 g/mol. The van der Waals surface area contributed by atoms with E-state index in [9.17, 15) is 4.79 Å². The average Bonchev–Trinajstić information content (AvgIpc) is 2.95. The predicted octanol–water partition coefficient (Wildman–Crippen LogP) is 3.40. The molecule has 0 bridgehead atoms. The fourth-order valence-corrected chi connectivity index (χ4v) is 3.37. The molecule has 0 aliphatic carbocycles. The quantitative estimate of drug-likeness (QED) is 0.836. The largest absolute Gasteiger partial charge is 0.496 e. The highest BCUT2D eigenvalue weighted by Crippen LogP contribution is 2.39. The first-order valence-corrected chi connectivity index (χ1v) is 8.16. The van der Waals surface area contributed by atoms with Crippen molar-refractivity contribution in [2.45, 2.75) is 25.8 Å². The third-order valence-corrected chi connectivity index (χ3v) is 4.51. The number of hydrogen-bond acceptors (Lipinski definition) is 3. The molecule has 1 aromatic rings. The van der Waals surface area contributed by atoms with Gasteiger partial charge in [0, 0.05) is 29.0 Å². The highest BCUT2D eigenvalue weighted by Gasteiger charge is 2.33. The van der Waals surface area contributed by atoms with Crippen molar-refractivity contribution in [3.63, 3.8) is 0 Å². The number of methoxy groups -OCH3 is 1. The second-order valence-corrected chi connectivity index (χ2v) is 6.45. The molecule has 2 rings (SSSR count). The molecule has 1 aromatic carbocycles. The number of hydrogen-bond donors (Lipinski definition) is 1. The topological polar surface area (TPSA) is 41.6 Å². The van der Waals surface area contributed by atoms with E-state index in [1.165, 1.54) is 0 Å². The lowest BCUT2D eigenvalue weighted by Crippen LogP contribution is -2.38. The van der Waals surface area contributed by atoms with Crippen LogP contribution in [0.1, 0.15) is 31.4 Å². The van der Waals surface area contributed by atoms with Crippen LogP contribution in [-0.4, -0.2) is 38.1 Å². The van der Waals surface area contributed by atoms with Gasteiger partial charge in [-0.15, -0.1) is 12.4 Å². The Morgan fingerprint density at radius 1 is 1.55 bits per heavy atom. The SMILES string of the molecule is CNCC(C)C(=O)N1CCCC1c1cc(Br)ccc1OC.Cl. The van der Waals surface area contributed by atoms with E-state index in [2.05, 4.69) is 27.3 Å². The molecule has 1 aliphatic heterocycles. The van der Waals surface area contributed by atoms with Crippen molar-refractivity contribution in [1.29, 1.82) is 0 Å². The van der Waals surface area contributed by atoms with E-state index in [1.807, 2.05) is 31.0 Å². The minimum absolute atomic E-state index is 0. The minimum atomic E-state index is -0.00579. The third kappa shape index (κ3) is 4.15. The number of nitrogens with zero attached hydrogens (tertiary/aromatic N) is 1. The lowest BCUT2D eigenvalue weighted by molar-refractivity contribution is -0.135. The van der Waals surface area contributed by atoms with Gasteiger partial charge < -0.3 is 15.0 Å². The Morgan fingerprint density at radius 2 is 2.27 bits per heavy atom. The number of halogens is 2. The number of amides is 1. The number of ether oxygens (including phenoxy) is 1. The maximum atomic E-state index is 12.6. The van der Waals surface area contributed by atoms with Crippen molar-refractivity contribution in [2.75, 3.05) is 27.2 Å². The lowest BCUT2D eigenvalue weighted by atomic mass is 10.0. The molecule has 0 spiro atoms. The summed E-state index contributed by atoms with van der Waals surface area (Å²) in [5.74, 6) is 1.06. The smallest absolute Gasteiger partial charge is 0.227 e. The summed E-state index contributed by atoms with van der Waals surface area (Å²) in [4.78, 5) is 14.6. The summed E-state index contributed by atoms with van der Waals surface area (Å²) in [6.45, 7) is 3.51. The second kappa shape index (κ2) is 8.75. The van der Waals surface area contributed by atoms with Gasteiger partial charge in [0.1, 0.15) is 5.75 Å². The van der Waals surface area contributed by atoms with Gasteiger partial charge in [0.15, 0.2) is 0 Å². The molecule has 6 heteroatoms. The molecule has 1 heterocycles. The zero-order valence-corrected chi connectivity index (χ0v) is 15.7. The lowest BCUT2D eigenvalue weighted by Gasteiger charge is -2.29. The first-order valence-electron chi connectivity index (χ1n) is 7.37. The summed E-state index contributed by atoms with van der Waals surface area (Å²) < 4.78 is 6.49. The molecule has 2 unspecified atom stereocenters. The summed E-state index contributed by atoms with van der Waals surface area (Å²) in [5, 5.41) is 3.08. The van der Waals surface area contributed by atoms with E-state index in [4.69, 9.17) is 4.74 Å². The standard InChI is InChI=1S/C16H23BrN2O2.ClH/c1-11(10-18-2)16(20)19-8-4-5-14(19)13-9-12(17)6-7-15(13)21-3;/h6-7,9,11,14,18H,4-5,8,10H2,1-3H3;1H. The molecule has 2 atom stereocenters. The van der Waals surface area contributed by atoms with Crippen LogP contribution in [0.5, 0.6) is 5.75 Å². The predicted molar refractivity (Wildman–Crippen MR) is 94.7 cm³/mol. The van der Waals surface area contributed by atoms with Gasteiger partial charge in [-0.2, -0.15) is 0 Å². The highest BCUT2D eigenvalue weighted by atomic mass is 79.9. The number of nitrogens with one attached hydrogen (secondary N) is 1. The van der Waals surface area contributed by atoms with Crippen molar-refractivity contribution >= 4 is 34.2 Å². The van der Waals surface area contributed by atoms with Crippen molar-refractivity contribution in [1.82, 2.24) is 10.2 Å². The van der Waals surface area contributed by atoms with Gasteiger partial charge in [0.25, 0.3) is 0 Å². The minimum Gasteiger partial charge on any atom is -0.496 e. The van der Waals surface area contributed by atoms with Gasteiger partial charge in [-0.1, -0.05) is 22.9 Å². The van der Waals surface area contributed by atoms with Crippen molar-refractivity contribution < 1.29 is 9.53 Å². The Balaban J connectivity index is 0.00000242. The van der Waals surface area contributed by atoms with Crippen molar-refractivity contribution in [3.05, 3.63) is 28.2 Å². The highest BCUT2D eigenvalue weighted by molar-refractivity contribution is 9.10. The van der Waals surface area contributed by atoms with Gasteiger partial charge in [-0.25, -0.2) is 0 Å². The van der Waals surface area contributed by atoms with Gasteiger partial charge >= 0.3 is 0 Å². The van der Waals surface area contributed by atoms with E-state index in [-0.39, 0.29) is 30.3 Å². The molecule has 1 saturated heterocycles. The summed E-state index contributed by atoms with van der Waals surface area (Å²) in [6.07, 6.45) is 2.03. The number of carbonyl (C=O) groups excluding carboxylic acids is 1. The van der Waals surface area contributed by atoms with Gasteiger partial charge in [-0.3, -0.25) is 4.79 Å². The van der Waals surface area contributed by atoms with E-state index in [0.29, 0.717) is 6.54 Å². The summed E-state index contributed by atoms with van der Waals surface area (Å²) in [6, 6.07) is 6.10.